The summed E-state index contributed by atoms with van der Waals surface area (Å²) in [7, 11) is -0.803. The van der Waals surface area contributed by atoms with Gasteiger partial charge in [0.15, 0.2) is 0 Å². The van der Waals surface area contributed by atoms with Crippen LogP contribution in [0.2, 0.25) is 0 Å². The van der Waals surface area contributed by atoms with Gasteiger partial charge in [0.25, 0.3) is 0 Å². The molecule has 0 saturated carbocycles. The molecule has 1 nitrogen and oxygen atoms in total. The molecule has 40 heavy (non-hydrogen) atoms. The first-order valence-electron chi connectivity index (χ1n) is 13.7. The number of hydrogen-bond acceptors (Lipinski definition) is 1. The Kier molecular flexibility index (Phi) is 6.44. The third-order valence-electron chi connectivity index (χ3n) is 7.77. The van der Waals surface area contributed by atoms with E-state index in [9.17, 15) is 0 Å². The molecule has 2 heteroatoms. The van der Waals surface area contributed by atoms with Crippen LogP contribution in [0.25, 0.3) is 43.8 Å². The largest absolute Gasteiger partial charge is 0.304 e. The van der Waals surface area contributed by atoms with Gasteiger partial charge in [0.2, 0.25) is 0 Å². The van der Waals surface area contributed by atoms with Gasteiger partial charge in [-0.15, -0.1) is 0 Å². The molecular weight excluding hydrogens is 501 g/mol. The van der Waals surface area contributed by atoms with Crippen LogP contribution < -0.4 is 10.6 Å². The highest BCUT2D eigenvalue weighted by molar-refractivity contribution is 7.74. The second kappa shape index (κ2) is 10.5. The fraction of sp³-hybridized carbons (Fsp3) is 0.0263. The molecule has 1 aliphatic carbocycles. The van der Waals surface area contributed by atoms with Crippen molar-refractivity contribution in [2.75, 3.05) is 0 Å². The van der Waals surface area contributed by atoms with E-state index < -0.39 is 7.92 Å². The lowest BCUT2D eigenvalue weighted by Crippen LogP contribution is -2.26. The van der Waals surface area contributed by atoms with Crippen LogP contribution in [0.3, 0.4) is 0 Å². The number of rotatable bonds is 5. The van der Waals surface area contributed by atoms with Gasteiger partial charge in [-0.05, 0) is 68.4 Å². The number of hydrogen-bond donors (Lipinski definition) is 1. The van der Waals surface area contributed by atoms with E-state index in [-0.39, 0.29) is 5.66 Å². The van der Waals surface area contributed by atoms with Crippen LogP contribution in [0.4, 0.5) is 0 Å². The van der Waals surface area contributed by atoms with Crippen LogP contribution in [0.5, 0.6) is 0 Å². The van der Waals surface area contributed by atoms with Gasteiger partial charge in [-0.3, -0.25) is 0 Å². The molecule has 190 valence electrons. The summed E-state index contributed by atoms with van der Waals surface area (Å²) in [5.74, 6) is 0. The van der Waals surface area contributed by atoms with Crippen molar-refractivity contribution in [1.82, 2.24) is 0 Å². The van der Waals surface area contributed by atoms with Crippen LogP contribution in [-0.4, -0.2) is 11.4 Å². The zero-order chi connectivity index (χ0) is 26.9. The van der Waals surface area contributed by atoms with Crippen molar-refractivity contribution in [3.8, 4) is 22.3 Å². The minimum atomic E-state index is -0.803. The average molecular weight is 530 g/mol. The second-order valence-corrected chi connectivity index (χ2v) is 12.5. The Bertz CT molecular complexity index is 1780. The van der Waals surface area contributed by atoms with E-state index in [1.54, 1.807) is 0 Å². The van der Waals surface area contributed by atoms with Crippen LogP contribution in [0, 0.1) is 5.41 Å². The zero-order valence-corrected chi connectivity index (χ0v) is 22.9. The van der Waals surface area contributed by atoms with Gasteiger partial charge in [-0.25, -0.2) is 0 Å². The Balaban J connectivity index is 1.28. The monoisotopic (exact) mass is 529 g/mol. The Morgan fingerprint density at radius 3 is 1.45 bits per heavy atom. The maximum atomic E-state index is 8.79. The minimum absolute atomic E-state index is 0.0480. The number of allylic oxidation sites excluding steroid dienone is 4. The lowest BCUT2D eigenvalue weighted by atomic mass is 9.98. The molecule has 1 atom stereocenters. The average Bonchev–Trinajstić information content (AvgIpc) is 3.02. The Morgan fingerprint density at radius 1 is 0.475 bits per heavy atom. The van der Waals surface area contributed by atoms with Crippen molar-refractivity contribution >= 4 is 45.8 Å². The molecule has 0 amide bonds. The quantitative estimate of drug-likeness (QED) is 0.215. The number of benzene rings is 6. The van der Waals surface area contributed by atoms with E-state index in [1.165, 1.54) is 54.4 Å². The molecule has 6 aromatic carbocycles. The molecule has 7 rings (SSSR count). The normalized spacial score (nSPS) is 14.8. The summed E-state index contributed by atoms with van der Waals surface area (Å²) >= 11 is 0. The van der Waals surface area contributed by atoms with Crippen molar-refractivity contribution in [3.63, 3.8) is 0 Å². The van der Waals surface area contributed by atoms with Gasteiger partial charge in [0.05, 0.1) is 0 Å². The standard InChI is InChI=1S/C38H28NP/c39-37-17-5-6-18-38(37)40(31-23-19-29(20-24-31)35-15-7-11-27-9-1-3-13-33(27)35)32-25-21-30(22-26-32)36-16-8-12-28-10-2-4-14-34(28)36/h1-26,38-39H. The van der Waals surface area contributed by atoms with E-state index in [4.69, 9.17) is 5.41 Å². The van der Waals surface area contributed by atoms with E-state index >= 15 is 0 Å². The van der Waals surface area contributed by atoms with Crippen molar-refractivity contribution in [2.45, 2.75) is 5.66 Å². The molecule has 0 saturated heterocycles. The molecule has 0 radical (unpaired) electrons. The zero-order valence-electron chi connectivity index (χ0n) is 22.0. The Hall–Kier alpha value is -4.58. The van der Waals surface area contributed by atoms with E-state index in [0.717, 1.165) is 0 Å². The summed E-state index contributed by atoms with van der Waals surface area (Å²) in [5, 5.41) is 16.4. The van der Waals surface area contributed by atoms with E-state index in [1.807, 2.05) is 12.2 Å². The predicted molar refractivity (Wildman–Crippen MR) is 175 cm³/mol. The van der Waals surface area contributed by atoms with Crippen molar-refractivity contribution in [1.29, 1.82) is 5.41 Å². The maximum Gasteiger partial charge on any atom is 0.0471 e. The van der Waals surface area contributed by atoms with Gasteiger partial charge in [-0.2, -0.15) is 0 Å². The van der Waals surface area contributed by atoms with Gasteiger partial charge in [0, 0.05) is 11.4 Å². The SMILES string of the molecule is N=C1C=CC=CC1P(c1ccc(-c2cccc3ccccc23)cc1)c1ccc(-c2cccc3ccccc23)cc1. The topological polar surface area (TPSA) is 23.9 Å². The lowest BCUT2D eigenvalue weighted by Gasteiger charge is -2.27. The molecule has 0 bridgehead atoms. The summed E-state index contributed by atoms with van der Waals surface area (Å²) in [6.07, 6.45) is 8.20. The van der Waals surface area contributed by atoms with Crippen molar-refractivity contribution in [2.24, 2.45) is 0 Å². The summed E-state index contributed by atoms with van der Waals surface area (Å²) in [6, 6.07) is 48.3. The summed E-state index contributed by atoms with van der Waals surface area (Å²) in [4.78, 5) is 0. The summed E-state index contributed by atoms with van der Waals surface area (Å²) < 4.78 is 0. The van der Waals surface area contributed by atoms with Crippen molar-refractivity contribution in [3.05, 3.63) is 158 Å². The van der Waals surface area contributed by atoms with Crippen LogP contribution in [0.15, 0.2) is 158 Å². The van der Waals surface area contributed by atoms with Crippen molar-refractivity contribution < 1.29 is 0 Å². The molecule has 0 aliphatic heterocycles. The van der Waals surface area contributed by atoms with Gasteiger partial charge in [-0.1, -0.05) is 152 Å². The van der Waals surface area contributed by atoms with Gasteiger partial charge < -0.3 is 5.41 Å². The minimum Gasteiger partial charge on any atom is -0.304 e. The molecule has 1 unspecified atom stereocenters. The Morgan fingerprint density at radius 2 is 0.950 bits per heavy atom. The molecule has 0 heterocycles. The molecule has 0 spiro atoms. The highest BCUT2D eigenvalue weighted by Gasteiger charge is 2.26. The summed E-state index contributed by atoms with van der Waals surface area (Å²) in [5.41, 5.74) is 5.66. The molecule has 0 aromatic heterocycles. The first-order valence-corrected chi connectivity index (χ1v) is 15.1. The maximum absolute atomic E-state index is 8.79. The fourth-order valence-corrected chi connectivity index (χ4v) is 8.30. The highest BCUT2D eigenvalue weighted by Crippen LogP contribution is 2.43. The Labute approximate surface area is 236 Å². The number of fused-ring (bicyclic) bond motifs is 2. The fourth-order valence-electron chi connectivity index (χ4n) is 5.78. The predicted octanol–water partition coefficient (Wildman–Crippen LogP) is 9.27. The second-order valence-electron chi connectivity index (χ2n) is 10.2. The molecule has 1 N–H and O–H groups in total. The molecule has 0 fully saturated rings. The lowest BCUT2D eigenvalue weighted by molar-refractivity contribution is 1.37. The van der Waals surface area contributed by atoms with Crippen LogP contribution in [-0.2, 0) is 0 Å². The number of nitrogens with one attached hydrogen (secondary N) is 1. The van der Waals surface area contributed by atoms with Crippen LogP contribution in [0.1, 0.15) is 0 Å². The first kappa shape index (κ1) is 24.5. The van der Waals surface area contributed by atoms with Gasteiger partial charge in [0.1, 0.15) is 0 Å². The summed E-state index contributed by atoms with van der Waals surface area (Å²) in [6.45, 7) is 0. The van der Waals surface area contributed by atoms with Gasteiger partial charge >= 0.3 is 0 Å². The van der Waals surface area contributed by atoms with Crippen LogP contribution >= 0.6 is 7.92 Å². The highest BCUT2D eigenvalue weighted by atomic mass is 31.1. The molecule has 1 aliphatic rings. The van der Waals surface area contributed by atoms with E-state index in [0.29, 0.717) is 5.71 Å². The smallest absolute Gasteiger partial charge is 0.0471 e. The first-order chi connectivity index (χ1) is 19.8. The molecular formula is C38H28NP. The molecule has 6 aromatic rings. The third kappa shape index (κ3) is 4.49. The van der Waals surface area contributed by atoms with E-state index in [2.05, 4.69) is 146 Å². The third-order valence-corrected chi connectivity index (χ3v) is 10.5.